The molecule has 25 heavy (non-hydrogen) atoms. The minimum Gasteiger partial charge on any atom is -0.353 e. The summed E-state index contributed by atoms with van der Waals surface area (Å²) in [4.78, 5) is 13.1. The Morgan fingerprint density at radius 3 is 2.36 bits per heavy atom. The van der Waals surface area contributed by atoms with Crippen LogP contribution in [0.1, 0.15) is 50.5 Å². The number of hydrogen-bond acceptors (Lipinski definition) is 2. The number of nitrogens with one attached hydrogen (secondary N) is 2. The summed E-state index contributed by atoms with van der Waals surface area (Å²) < 4.78 is 0. The Balaban J connectivity index is 1.35. The highest BCUT2D eigenvalue weighted by Gasteiger charge is 2.57. The average Bonchev–Trinajstić information content (AvgIpc) is 2.62. The lowest BCUT2D eigenvalue weighted by molar-refractivity contribution is -0.141. The molecule has 5 aliphatic rings. The number of benzene rings is 1. The molecule has 2 atom stereocenters. The minimum atomic E-state index is 0.281. The minimum absolute atomic E-state index is 0.281. The zero-order valence-corrected chi connectivity index (χ0v) is 15.0. The van der Waals surface area contributed by atoms with E-state index in [1.165, 1.54) is 37.7 Å². The van der Waals surface area contributed by atoms with E-state index in [2.05, 4.69) is 41.0 Å². The Morgan fingerprint density at radius 2 is 1.68 bits per heavy atom. The van der Waals surface area contributed by atoms with E-state index in [1.807, 2.05) is 0 Å². The summed E-state index contributed by atoms with van der Waals surface area (Å²) in [5, 5.41) is 6.81. The topological polar surface area (TPSA) is 41.1 Å². The van der Waals surface area contributed by atoms with Crippen molar-refractivity contribution in [1.82, 2.24) is 10.6 Å². The van der Waals surface area contributed by atoms with Crippen LogP contribution in [0.5, 0.6) is 0 Å². The van der Waals surface area contributed by atoms with Gasteiger partial charge in [0.1, 0.15) is 0 Å². The molecule has 1 saturated heterocycles. The van der Waals surface area contributed by atoms with Crippen molar-refractivity contribution in [2.45, 2.75) is 56.4 Å². The summed E-state index contributed by atoms with van der Waals surface area (Å²) in [6.45, 7) is 2.09. The largest absolute Gasteiger partial charge is 0.353 e. The third-order valence-corrected chi connectivity index (χ3v) is 7.65. The molecule has 4 saturated carbocycles. The number of hydrogen-bond donors (Lipinski definition) is 2. The molecule has 5 fully saturated rings. The fourth-order valence-corrected chi connectivity index (χ4v) is 6.86. The molecule has 2 N–H and O–H groups in total. The van der Waals surface area contributed by atoms with Crippen LogP contribution in [-0.2, 0) is 10.2 Å². The van der Waals surface area contributed by atoms with Gasteiger partial charge >= 0.3 is 0 Å². The Morgan fingerprint density at radius 1 is 1.00 bits per heavy atom. The van der Waals surface area contributed by atoms with Crippen molar-refractivity contribution in [3.05, 3.63) is 35.9 Å². The first-order valence-corrected chi connectivity index (χ1v) is 10.3. The van der Waals surface area contributed by atoms with Gasteiger partial charge in [-0.05, 0) is 86.8 Å². The van der Waals surface area contributed by atoms with Crippen LogP contribution in [0.2, 0.25) is 0 Å². The Bertz CT molecular complexity index is 621. The third kappa shape index (κ3) is 2.71. The van der Waals surface area contributed by atoms with E-state index >= 15 is 0 Å². The van der Waals surface area contributed by atoms with Crippen molar-refractivity contribution in [1.29, 1.82) is 0 Å². The molecular formula is C22H30N2O. The molecule has 4 bridgehead atoms. The molecule has 3 nitrogen and oxygen atoms in total. The fraction of sp³-hybridized carbons (Fsp3) is 0.682. The van der Waals surface area contributed by atoms with Crippen molar-refractivity contribution in [2.75, 3.05) is 13.1 Å². The smallest absolute Gasteiger partial charge is 0.223 e. The first-order chi connectivity index (χ1) is 12.2. The second kappa shape index (κ2) is 6.12. The van der Waals surface area contributed by atoms with Crippen molar-refractivity contribution in [2.24, 2.45) is 23.7 Å². The summed E-state index contributed by atoms with van der Waals surface area (Å²) in [5.74, 6) is 2.72. The number of amides is 1. The highest BCUT2D eigenvalue weighted by Crippen LogP contribution is 2.62. The number of carbonyl (C=O) groups is 1. The van der Waals surface area contributed by atoms with Gasteiger partial charge in [-0.2, -0.15) is 0 Å². The van der Waals surface area contributed by atoms with E-state index in [0.29, 0.717) is 29.2 Å². The number of piperidine rings is 1. The van der Waals surface area contributed by atoms with E-state index < -0.39 is 0 Å². The summed E-state index contributed by atoms with van der Waals surface area (Å²) >= 11 is 0. The maximum Gasteiger partial charge on any atom is 0.223 e. The van der Waals surface area contributed by atoms with Crippen LogP contribution in [-0.4, -0.2) is 25.0 Å². The van der Waals surface area contributed by atoms with E-state index in [1.54, 1.807) is 0 Å². The predicted molar refractivity (Wildman–Crippen MR) is 99.2 cm³/mol. The Hall–Kier alpha value is -1.35. The lowest BCUT2D eigenvalue weighted by atomic mass is 9.44. The normalized spacial score (nSPS) is 40.2. The first kappa shape index (κ1) is 15.9. The van der Waals surface area contributed by atoms with E-state index in [0.717, 1.165) is 31.8 Å². The highest BCUT2D eigenvalue weighted by molar-refractivity contribution is 5.80. The van der Waals surface area contributed by atoms with Crippen LogP contribution in [0.15, 0.2) is 30.3 Å². The fourth-order valence-electron chi connectivity index (χ4n) is 6.86. The molecule has 1 aromatic carbocycles. The van der Waals surface area contributed by atoms with Crippen LogP contribution in [0, 0.1) is 23.7 Å². The second-order valence-corrected chi connectivity index (χ2v) is 9.17. The van der Waals surface area contributed by atoms with Crippen LogP contribution >= 0.6 is 0 Å². The standard InChI is InChI=1S/C22H30N2O/c25-21(24-19-6-8-23-9-7-19)20-16-10-15-11-17(20)14-22(12-15,13-16)18-4-2-1-3-5-18/h1-5,15-17,19-20,23H,6-14H2,(H,24,25). The molecule has 0 spiro atoms. The average molecular weight is 338 g/mol. The van der Waals surface area contributed by atoms with Gasteiger partial charge in [-0.25, -0.2) is 0 Å². The lowest BCUT2D eigenvalue weighted by Crippen LogP contribution is -2.57. The molecule has 4 aliphatic carbocycles. The summed E-state index contributed by atoms with van der Waals surface area (Å²) in [6, 6.07) is 11.6. The van der Waals surface area contributed by atoms with Gasteiger partial charge in [0.15, 0.2) is 0 Å². The summed E-state index contributed by atoms with van der Waals surface area (Å²) in [5.41, 5.74) is 1.90. The zero-order valence-electron chi connectivity index (χ0n) is 15.0. The Labute approximate surface area is 151 Å². The van der Waals surface area contributed by atoms with E-state index in [9.17, 15) is 4.79 Å². The van der Waals surface area contributed by atoms with Crippen molar-refractivity contribution in [3.63, 3.8) is 0 Å². The first-order valence-electron chi connectivity index (χ1n) is 10.3. The second-order valence-electron chi connectivity index (χ2n) is 9.17. The quantitative estimate of drug-likeness (QED) is 0.888. The van der Waals surface area contributed by atoms with Crippen LogP contribution in [0.3, 0.4) is 0 Å². The van der Waals surface area contributed by atoms with Gasteiger partial charge in [-0.3, -0.25) is 4.79 Å². The zero-order chi connectivity index (χ0) is 16.9. The van der Waals surface area contributed by atoms with E-state index in [4.69, 9.17) is 0 Å². The van der Waals surface area contributed by atoms with Gasteiger partial charge in [0.2, 0.25) is 5.91 Å². The van der Waals surface area contributed by atoms with Gasteiger partial charge in [-0.1, -0.05) is 30.3 Å². The summed E-state index contributed by atoms with van der Waals surface area (Å²) in [6.07, 6.45) is 8.56. The van der Waals surface area contributed by atoms with Gasteiger partial charge in [0.05, 0.1) is 0 Å². The molecule has 6 rings (SSSR count). The molecular weight excluding hydrogens is 308 g/mol. The van der Waals surface area contributed by atoms with Crippen molar-refractivity contribution < 1.29 is 4.79 Å². The molecule has 1 aromatic rings. The summed E-state index contributed by atoms with van der Waals surface area (Å²) in [7, 11) is 0. The molecule has 1 heterocycles. The molecule has 0 aromatic heterocycles. The van der Waals surface area contributed by atoms with Gasteiger partial charge < -0.3 is 10.6 Å². The highest BCUT2D eigenvalue weighted by atomic mass is 16.2. The number of carbonyl (C=O) groups excluding carboxylic acids is 1. The molecule has 1 aliphatic heterocycles. The van der Waals surface area contributed by atoms with E-state index in [-0.39, 0.29) is 5.92 Å². The lowest BCUT2D eigenvalue weighted by Gasteiger charge is -2.60. The van der Waals surface area contributed by atoms with Crippen LogP contribution in [0.25, 0.3) is 0 Å². The molecule has 2 unspecified atom stereocenters. The van der Waals surface area contributed by atoms with Gasteiger partial charge in [0.25, 0.3) is 0 Å². The van der Waals surface area contributed by atoms with Crippen LogP contribution < -0.4 is 10.6 Å². The van der Waals surface area contributed by atoms with Crippen molar-refractivity contribution in [3.8, 4) is 0 Å². The van der Waals surface area contributed by atoms with Gasteiger partial charge in [0, 0.05) is 12.0 Å². The molecule has 3 heteroatoms. The predicted octanol–water partition coefficient (Wildman–Crippen LogP) is 3.25. The molecule has 0 radical (unpaired) electrons. The maximum absolute atomic E-state index is 13.1. The SMILES string of the molecule is O=C(NC1CCNCC1)C1C2CC3CC1CC(c1ccccc1)(C3)C2. The Kier molecular flexibility index (Phi) is 3.89. The third-order valence-electron chi connectivity index (χ3n) is 7.65. The number of rotatable bonds is 3. The maximum atomic E-state index is 13.1. The van der Waals surface area contributed by atoms with Crippen LogP contribution in [0.4, 0.5) is 0 Å². The molecule has 1 amide bonds. The molecule has 134 valence electrons. The van der Waals surface area contributed by atoms with Crippen molar-refractivity contribution >= 4 is 5.91 Å². The van der Waals surface area contributed by atoms with Gasteiger partial charge in [-0.15, -0.1) is 0 Å². The monoisotopic (exact) mass is 338 g/mol.